The second-order valence-electron chi connectivity index (χ2n) is 2.26. The number of alkyl halides is 1. The van der Waals surface area contributed by atoms with Gasteiger partial charge in [0.2, 0.25) is 5.91 Å². The van der Waals surface area contributed by atoms with Crippen molar-refractivity contribution >= 4 is 23.5 Å². The number of carbonyl (C=O) groups is 2. The molecule has 1 fully saturated rings. The van der Waals surface area contributed by atoms with Gasteiger partial charge in [-0.05, 0) is 0 Å². The average Bonchev–Trinajstić information content (AvgIpc) is 1.97. The summed E-state index contributed by atoms with van der Waals surface area (Å²) >= 11 is 5.65. The maximum atomic E-state index is 11.4. The van der Waals surface area contributed by atoms with Gasteiger partial charge in [0.15, 0.2) is 0 Å². The Morgan fingerprint density at radius 3 is 2.91 bits per heavy atom. The molecule has 0 bridgehead atoms. The Bertz CT molecular complexity index is 281. The van der Waals surface area contributed by atoms with Crippen molar-refractivity contribution in [2.75, 3.05) is 14.0 Å². The van der Waals surface area contributed by atoms with E-state index in [0.717, 1.165) is 4.90 Å². The molecular weight excluding hydrogens is 168 g/mol. The number of hydrogen-bond donors (Lipinski definition) is 0. The molecule has 4 nitrogen and oxygen atoms in total. The van der Waals surface area contributed by atoms with E-state index >= 15 is 0 Å². The number of carbonyl (C=O) groups excluding carboxylic acids is 2. The molecule has 0 N–H and O–H groups in total. The van der Waals surface area contributed by atoms with Crippen LogP contribution in [0.2, 0.25) is 0 Å². The summed E-state index contributed by atoms with van der Waals surface area (Å²) in [7, 11) is 1.35. The zero-order valence-corrected chi connectivity index (χ0v) is 6.63. The van der Waals surface area contributed by atoms with Gasteiger partial charge in [0.25, 0.3) is 0 Å². The van der Waals surface area contributed by atoms with Crippen molar-refractivity contribution in [1.82, 2.24) is 9.80 Å². The van der Waals surface area contributed by atoms with Crippen LogP contribution in [0.3, 0.4) is 0 Å². The van der Waals surface area contributed by atoms with Gasteiger partial charge in [0.1, 0.15) is 5.50 Å². The Labute approximate surface area is 73.9 Å². The summed E-state index contributed by atoms with van der Waals surface area (Å²) in [5.74, 6) is -0.770. The van der Waals surface area contributed by atoms with E-state index in [1.807, 2.05) is 0 Å². The Balaban J connectivity index is 2.97. The average molecular weight is 180 g/mol. The highest BCUT2D eigenvalue weighted by atomic mass is 35.5. The minimum absolute atomic E-state index is 0.178. The second-order valence-corrected chi connectivity index (χ2v) is 2.77. The molecule has 0 radical (unpaired) electrons. The van der Waals surface area contributed by atoms with E-state index in [4.69, 9.17) is 15.7 Å². The first-order chi connectivity index (χ1) is 6.25. The van der Waals surface area contributed by atoms with Crippen LogP contribution in [0.5, 0.6) is 0 Å². The topological polar surface area (TPSA) is 40.6 Å². The molecule has 3 amide bonds. The fraction of sp³-hybridized carbons (Fsp3) is 0.667. The fourth-order valence-corrected chi connectivity index (χ4v) is 0.972. The molecule has 0 spiro atoms. The van der Waals surface area contributed by atoms with E-state index in [2.05, 4.69) is 0 Å². The molecule has 1 aliphatic rings. The van der Waals surface area contributed by atoms with Crippen LogP contribution in [0.4, 0.5) is 4.79 Å². The molecule has 0 aromatic heterocycles. The Morgan fingerprint density at radius 2 is 2.36 bits per heavy atom. The second kappa shape index (κ2) is 2.70. The van der Waals surface area contributed by atoms with Crippen LogP contribution < -0.4 is 0 Å². The van der Waals surface area contributed by atoms with Crippen molar-refractivity contribution in [1.29, 1.82) is 0 Å². The van der Waals surface area contributed by atoms with Crippen molar-refractivity contribution in [2.45, 2.75) is 11.9 Å². The van der Waals surface area contributed by atoms with E-state index < -0.39 is 24.4 Å². The quantitative estimate of drug-likeness (QED) is 0.401. The molecule has 5 heteroatoms. The van der Waals surface area contributed by atoms with Crippen LogP contribution in [0.1, 0.15) is 10.5 Å². The lowest BCUT2D eigenvalue weighted by molar-refractivity contribution is -0.130. The van der Waals surface area contributed by atoms with E-state index in [9.17, 15) is 9.59 Å². The number of hydrogen-bond acceptors (Lipinski definition) is 2. The number of urea groups is 1. The third-order valence-corrected chi connectivity index (χ3v) is 1.95. The van der Waals surface area contributed by atoms with Crippen molar-refractivity contribution in [3.8, 4) is 0 Å². The number of amides is 3. The van der Waals surface area contributed by atoms with Crippen LogP contribution in [0.25, 0.3) is 0 Å². The van der Waals surface area contributed by atoms with E-state index in [1.165, 1.54) is 7.05 Å². The molecule has 1 saturated heterocycles. The van der Waals surface area contributed by atoms with Gasteiger partial charge in [-0.2, -0.15) is 0 Å². The van der Waals surface area contributed by atoms with Gasteiger partial charge in [0, 0.05) is 18.1 Å². The summed E-state index contributed by atoms with van der Waals surface area (Å²) in [5, 5.41) is 0. The molecule has 1 unspecified atom stereocenters. The monoisotopic (exact) mass is 179 g/mol. The van der Waals surface area contributed by atoms with E-state index in [-0.39, 0.29) is 11.3 Å². The van der Waals surface area contributed by atoms with Gasteiger partial charge in [0.05, 0.1) is 6.42 Å². The van der Waals surface area contributed by atoms with Gasteiger partial charge in [-0.15, -0.1) is 0 Å². The van der Waals surface area contributed by atoms with Crippen LogP contribution in [0.15, 0.2) is 0 Å². The highest BCUT2D eigenvalue weighted by molar-refractivity contribution is 6.23. The molecule has 0 saturated carbocycles. The Morgan fingerprint density at radius 1 is 1.73 bits per heavy atom. The summed E-state index contributed by atoms with van der Waals surface area (Å²) in [6, 6.07) is -0.888. The van der Waals surface area contributed by atoms with Crippen LogP contribution in [0, 0.1) is 0 Å². The minimum atomic E-state index is -2.74. The summed E-state index contributed by atoms with van der Waals surface area (Å²) < 4.78 is 21.0. The standard InChI is InChI=1S/C6H9ClN2O2/c1-8-4(7)3-5(10)9(2)6(8)11/h4H,3H2,1-2H3/i2D3. The molecule has 1 rings (SSSR count). The largest absolute Gasteiger partial charge is 0.327 e. The zero-order chi connectivity index (χ0) is 11.1. The van der Waals surface area contributed by atoms with Gasteiger partial charge in [-0.25, -0.2) is 4.79 Å². The molecule has 0 aromatic rings. The summed E-state index contributed by atoms with van der Waals surface area (Å²) in [4.78, 5) is 23.9. The van der Waals surface area contributed by atoms with Crippen LogP contribution in [-0.4, -0.2) is 41.3 Å². The van der Waals surface area contributed by atoms with Crippen LogP contribution >= 0.6 is 11.6 Å². The van der Waals surface area contributed by atoms with Crippen LogP contribution in [-0.2, 0) is 4.79 Å². The van der Waals surface area contributed by atoms with Gasteiger partial charge < -0.3 is 4.90 Å². The third-order valence-electron chi connectivity index (χ3n) is 1.51. The summed E-state index contributed by atoms with van der Waals surface area (Å²) in [6.07, 6.45) is -0.178. The molecule has 62 valence electrons. The predicted molar refractivity (Wildman–Crippen MR) is 40.2 cm³/mol. The van der Waals surface area contributed by atoms with E-state index in [0.29, 0.717) is 0 Å². The zero-order valence-electron chi connectivity index (χ0n) is 8.87. The highest BCUT2D eigenvalue weighted by Gasteiger charge is 2.32. The smallest absolute Gasteiger partial charge is 0.310 e. The highest BCUT2D eigenvalue weighted by Crippen LogP contribution is 2.16. The van der Waals surface area contributed by atoms with E-state index in [1.54, 1.807) is 0 Å². The van der Waals surface area contributed by atoms with Crippen molar-refractivity contribution in [2.24, 2.45) is 0 Å². The number of imide groups is 1. The minimum Gasteiger partial charge on any atom is -0.310 e. The molecule has 11 heavy (non-hydrogen) atoms. The molecule has 1 aliphatic heterocycles. The van der Waals surface area contributed by atoms with Gasteiger partial charge in [-0.3, -0.25) is 9.69 Å². The maximum absolute atomic E-state index is 11.4. The van der Waals surface area contributed by atoms with Crippen molar-refractivity contribution < 1.29 is 13.7 Å². The Kier molecular flexibility index (Phi) is 1.22. The Hall–Kier alpha value is -0.770. The molecule has 0 aromatic carbocycles. The van der Waals surface area contributed by atoms with Crippen molar-refractivity contribution in [3.63, 3.8) is 0 Å². The number of nitrogens with zero attached hydrogens (tertiary/aromatic N) is 2. The SMILES string of the molecule is [2H]C([2H])([2H])N1C(=O)CC(Cl)N(C)C1=O. The summed E-state index contributed by atoms with van der Waals surface area (Å²) in [5.41, 5.74) is -0.770. The first-order valence-corrected chi connectivity index (χ1v) is 3.42. The molecule has 0 aliphatic carbocycles. The molecule has 1 heterocycles. The lowest BCUT2D eigenvalue weighted by Gasteiger charge is -2.32. The maximum Gasteiger partial charge on any atom is 0.327 e. The van der Waals surface area contributed by atoms with Gasteiger partial charge in [-0.1, -0.05) is 11.6 Å². The number of rotatable bonds is 0. The third kappa shape index (κ3) is 1.30. The lowest BCUT2D eigenvalue weighted by atomic mass is 10.3. The normalized spacial score (nSPS) is 31.5. The lowest BCUT2D eigenvalue weighted by Crippen LogP contribution is -2.51. The van der Waals surface area contributed by atoms with Crippen molar-refractivity contribution in [3.05, 3.63) is 0 Å². The molecule has 1 atom stereocenters. The first kappa shape index (κ1) is 4.98. The van der Waals surface area contributed by atoms with Gasteiger partial charge >= 0.3 is 6.03 Å². The predicted octanol–water partition coefficient (Wildman–Crippen LogP) is 0.465. The fourth-order valence-electron chi connectivity index (χ4n) is 0.757. The number of halogens is 1. The first-order valence-electron chi connectivity index (χ1n) is 4.49. The molecular formula is C6H9ClN2O2. The summed E-state index contributed by atoms with van der Waals surface area (Å²) in [6.45, 7) is -2.74.